The maximum atomic E-state index is 13.6. The van der Waals surface area contributed by atoms with Gasteiger partial charge >= 0.3 is 0 Å². The molecule has 2 aromatic heterocycles. The summed E-state index contributed by atoms with van der Waals surface area (Å²) in [4.78, 5) is 20.3. The molecule has 1 aliphatic rings. The van der Waals surface area contributed by atoms with E-state index in [-0.39, 0.29) is 17.5 Å². The summed E-state index contributed by atoms with van der Waals surface area (Å²) in [5, 5.41) is 2.21. The molecule has 1 aliphatic heterocycles. The van der Waals surface area contributed by atoms with E-state index in [0.717, 1.165) is 47.6 Å². The fourth-order valence-electron chi connectivity index (χ4n) is 4.16. The zero-order valence-corrected chi connectivity index (χ0v) is 15.2. The molecule has 0 spiro atoms. The van der Waals surface area contributed by atoms with Gasteiger partial charge in [-0.2, -0.15) is 0 Å². The van der Waals surface area contributed by atoms with Crippen molar-refractivity contribution in [1.29, 1.82) is 0 Å². The van der Waals surface area contributed by atoms with Crippen LogP contribution in [0.2, 0.25) is 0 Å². The van der Waals surface area contributed by atoms with Gasteiger partial charge in [-0.1, -0.05) is 25.1 Å². The highest BCUT2D eigenvalue weighted by molar-refractivity contribution is 6.13. The first-order chi connectivity index (χ1) is 12.0. The van der Waals surface area contributed by atoms with Gasteiger partial charge in [-0.3, -0.25) is 19.2 Å². The van der Waals surface area contributed by atoms with E-state index >= 15 is 0 Å². The third kappa shape index (κ3) is 2.47. The van der Waals surface area contributed by atoms with Crippen molar-refractivity contribution < 1.29 is 4.79 Å². The molecule has 0 unspecified atom stereocenters. The molecular formula is C21H25N3O. The Morgan fingerprint density at radius 1 is 1.20 bits per heavy atom. The largest absolute Gasteiger partial charge is 0.287 e. The quantitative estimate of drug-likeness (QED) is 0.708. The van der Waals surface area contributed by atoms with E-state index in [1.54, 1.807) is 6.20 Å². The Kier molecular flexibility index (Phi) is 3.88. The molecule has 1 atom stereocenters. The predicted molar refractivity (Wildman–Crippen MR) is 102 cm³/mol. The minimum atomic E-state index is -0.0610. The molecule has 1 aromatic carbocycles. The Hall–Kier alpha value is -2.20. The van der Waals surface area contributed by atoms with Gasteiger partial charge < -0.3 is 0 Å². The monoisotopic (exact) mass is 335 g/mol. The second-order valence-corrected chi connectivity index (χ2v) is 7.60. The van der Waals surface area contributed by atoms with Crippen LogP contribution in [0.5, 0.6) is 0 Å². The molecule has 25 heavy (non-hydrogen) atoms. The Bertz CT molecular complexity index is 887. The van der Waals surface area contributed by atoms with Gasteiger partial charge in [0.1, 0.15) is 0 Å². The van der Waals surface area contributed by atoms with Crippen molar-refractivity contribution in [2.24, 2.45) is 0 Å². The standard InChI is InChI=1S/C21H25N3O/c1-4-21(2,3)23-13-7-10-18(23)20(25)24-17-9-6-5-8-15(17)16-11-12-22-14-19(16)24/h5-6,8-9,11-12,14,18H,4,7,10,13H2,1-3H3/t18-/m0/s1. The summed E-state index contributed by atoms with van der Waals surface area (Å²) in [5.74, 6) is 0.179. The van der Waals surface area contributed by atoms with E-state index in [1.165, 1.54) is 0 Å². The van der Waals surface area contributed by atoms with Crippen LogP contribution in [0, 0.1) is 0 Å². The summed E-state index contributed by atoms with van der Waals surface area (Å²) in [6.07, 6.45) is 6.65. The fourth-order valence-corrected chi connectivity index (χ4v) is 4.16. The lowest BCUT2D eigenvalue weighted by Gasteiger charge is -2.38. The molecule has 0 radical (unpaired) electrons. The third-order valence-corrected chi connectivity index (χ3v) is 5.88. The van der Waals surface area contributed by atoms with E-state index in [4.69, 9.17) is 0 Å². The minimum absolute atomic E-state index is 0.0356. The summed E-state index contributed by atoms with van der Waals surface area (Å²) in [6, 6.07) is 10.1. The van der Waals surface area contributed by atoms with Crippen molar-refractivity contribution in [2.75, 3.05) is 6.54 Å². The number of hydrogen-bond acceptors (Lipinski definition) is 3. The second kappa shape index (κ2) is 5.95. The summed E-state index contributed by atoms with van der Waals surface area (Å²) in [6.45, 7) is 7.68. The van der Waals surface area contributed by atoms with E-state index in [1.807, 2.05) is 35.0 Å². The first-order valence-electron chi connectivity index (χ1n) is 9.18. The van der Waals surface area contributed by atoms with Crippen LogP contribution in [0.3, 0.4) is 0 Å². The normalized spacial score (nSPS) is 19.1. The first-order valence-corrected chi connectivity index (χ1v) is 9.18. The molecule has 4 rings (SSSR count). The van der Waals surface area contributed by atoms with Gasteiger partial charge in [0.05, 0.1) is 23.3 Å². The average molecular weight is 335 g/mol. The number of pyridine rings is 1. The summed E-state index contributed by atoms with van der Waals surface area (Å²) in [7, 11) is 0. The van der Waals surface area contributed by atoms with Crippen LogP contribution in [0.15, 0.2) is 42.7 Å². The van der Waals surface area contributed by atoms with Gasteiger partial charge in [-0.05, 0) is 51.8 Å². The Labute approximate surface area is 148 Å². The number of para-hydroxylation sites is 1. The summed E-state index contributed by atoms with van der Waals surface area (Å²) < 4.78 is 1.90. The molecule has 1 saturated heterocycles. The van der Waals surface area contributed by atoms with Gasteiger partial charge in [-0.15, -0.1) is 0 Å². The van der Waals surface area contributed by atoms with Crippen molar-refractivity contribution in [3.8, 4) is 0 Å². The highest BCUT2D eigenvalue weighted by atomic mass is 16.2. The van der Waals surface area contributed by atoms with Gasteiger partial charge in [0.15, 0.2) is 0 Å². The zero-order chi connectivity index (χ0) is 17.6. The molecule has 3 heterocycles. The minimum Gasteiger partial charge on any atom is -0.287 e. The topological polar surface area (TPSA) is 38.1 Å². The van der Waals surface area contributed by atoms with Gasteiger partial charge in [-0.25, -0.2) is 0 Å². The Morgan fingerprint density at radius 3 is 2.76 bits per heavy atom. The number of carbonyl (C=O) groups is 1. The van der Waals surface area contributed by atoms with Crippen molar-refractivity contribution in [2.45, 2.75) is 51.6 Å². The second-order valence-electron chi connectivity index (χ2n) is 7.60. The van der Waals surface area contributed by atoms with E-state index in [0.29, 0.717) is 0 Å². The SMILES string of the molecule is CCC(C)(C)N1CCC[C@H]1C(=O)n1c2ccccc2c2ccncc21. The fraction of sp³-hybridized carbons (Fsp3) is 0.429. The van der Waals surface area contributed by atoms with Crippen LogP contribution in [0.4, 0.5) is 0 Å². The van der Waals surface area contributed by atoms with Crippen molar-refractivity contribution >= 4 is 27.7 Å². The van der Waals surface area contributed by atoms with Crippen molar-refractivity contribution in [1.82, 2.24) is 14.5 Å². The van der Waals surface area contributed by atoms with E-state index in [2.05, 4.69) is 36.7 Å². The van der Waals surface area contributed by atoms with E-state index in [9.17, 15) is 4.79 Å². The lowest BCUT2D eigenvalue weighted by atomic mass is 9.98. The summed E-state index contributed by atoms with van der Waals surface area (Å²) >= 11 is 0. The molecule has 4 nitrogen and oxygen atoms in total. The molecule has 130 valence electrons. The number of benzene rings is 1. The average Bonchev–Trinajstić information content (AvgIpc) is 3.25. The lowest BCUT2D eigenvalue weighted by molar-refractivity contribution is 0.0599. The molecule has 3 aromatic rings. The first kappa shape index (κ1) is 16.3. The van der Waals surface area contributed by atoms with Gasteiger partial charge in [0.25, 0.3) is 0 Å². The third-order valence-electron chi connectivity index (χ3n) is 5.88. The van der Waals surface area contributed by atoms with Crippen molar-refractivity contribution in [3.63, 3.8) is 0 Å². The van der Waals surface area contributed by atoms with Crippen LogP contribution in [0.1, 0.15) is 44.8 Å². The van der Waals surface area contributed by atoms with Crippen molar-refractivity contribution in [3.05, 3.63) is 42.7 Å². The number of aromatic nitrogens is 2. The molecule has 4 heteroatoms. The highest BCUT2D eigenvalue weighted by Crippen LogP contribution is 2.33. The molecule has 1 fully saturated rings. The smallest absolute Gasteiger partial charge is 0.249 e. The predicted octanol–water partition coefficient (Wildman–Crippen LogP) is 4.48. The lowest BCUT2D eigenvalue weighted by Crippen LogP contribution is -2.50. The molecule has 0 saturated carbocycles. The molecular weight excluding hydrogens is 310 g/mol. The maximum absolute atomic E-state index is 13.6. The van der Waals surface area contributed by atoms with Crippen LogP contribution in [0.25, 0.3) is 21.8 Å². The molecule has 0 N–H and O–H groups in total. The molecule has 0 bridgehead atoms. The molecule has 0 aliphatic carbocycles. The number of nitrogens with zero attached hydrogens (tertiary/aromatic N) is 3. The number of hydrogen-bond donors (Lipinski definition) is 0. The van der Waals surface area contributed by atoms with Gasteiger partial charge in [0.2, 0.25) is 5.91 Å². The highest BCUT2D eigenvalue weighted by Gasteiger charge is 2.39. The number of carbonyl (C=O) groups excluding carboxylic acids is 1. The van der Waals surface area contributed by atoms with Crippen LogP contribution < -0.4 is 0 Å². The maximum Gasteiger partial charge on any atom is 0.249 e. The number of fused-ring (bicyclic) bond motifs is 3. The van der Waals surface area contributed by atoms with Crippen LogP contribution >= 0.6 is 0 Å². The van der Waals surface area contributed by atoms with Crippen LogP contribution in [-0.4, -0.2) is 38.5 Å². The number of rotatable bonds is 3. The zero-order valence-electron chi connectivity index (χ0n) is 15.2. The summed E-state index contributed by atoms with van der Waals surface area (Å²) in [5.41, 5.74) is 1.93. The van der Waals surface area contributed by atoms with Crippen LogP contribution in [-0.2, 0) is 0 Å². The Balaban J connectivity index is 1.87. The Morgan fingerprint density at radius 2 is 1.96 bits per heavy atom. The van der Waals surface area contributed by atoms with Gasteiger partial charge in [0, 0.05) is 22.5 Å². The van der Waals surface area contributed by atoms with E-state index < -0.39 is 0 Å². The molecule has 0 amide bonds. The number of likely N-dealkylation sites (tertiary alicyclic amines) is 1.